The zero-order valence-electron chi connectivity index (χ0n) is 10.6. The third kappa shape index (κ3) is 2.52. The van der Waals surface area contributed by atoms with Crippen LogP contribution in [0.3, 0.4) is 0 Å². The van der Waals surface area contributed by atoms with Crippen LogP contribution in [0.15, 0.2) is 28.7 Å². The number of halogens is 1. The second kappa shape index (κ2) is 5.71. The van der Waals surface area contributed by atoms with Crippen LogP contribution in [0.1, 0.15) is 6.92 Å². The standard InChI is InChI=1S/C13H18BrN3O/c1-9-7-16-13(18)12(8-15-2)17(9)11-6-4-3-5-10(11)14/h3-6,9,12,15H,7-8H2,1-2H3,(H,16,18). The molecule has 1 amide bonds. The molecule has 98 valence electrons. The van der Waals surface area contributed by atoms with E-state index in [4.69, 9.17) is 0 Å². The first kappa shape index (κ1) is 13.4. The molecule has 0 spiro atoms. The van der Waals surface area contributed by atoms with Crippen molar-refractivity contribution in [1.29, 1.82) is 0 Å². The van der Waals surface area contributed by atoms with Gasteiger partial charge in [-0.25, -0.2) is 0 Å². The Morgan fingerprint density at radius 1 is 1.50 bits per heavy atom. The van der Waals surface area contributed by atoms with E-state index in [0.717, 1.165) is 10.2 Å². The minimum Gasteiger partial charge on any atom is -0.353 e. The molecule has 4 nitrogen and oxygen atoms in total. The van der Waals surface area contributed by atoms with Gasteiger partial charge in [0.2, 0.25) is 5.91 Å². The Balaban J connectivity index is 2.36. The molecule has 5 heteroatoms. The number of carbonyl (C=O) groups is 1. The van der Waals surface area contributed by atoms with Gasteiger partial charge in [-0.1, -0.05) is 12.1 Å². The smallest absolute Gasteiger partial charge is 0.244 e. The van der Waals surface area contributed by atoms with E-state index in [-0.39, 0.29) is 18.0 Å². The highest BCUT2D eigenvalue weighted by Gasteiger charge is 2.34. The van der Waals surface area contributed by atoms with Crippen LogP contribution in [0.2, 0.25) is 0 Å². The van der Waals surface area contributed by atoms with Gasteiger partial charge >= 0.3 is 0 Å². The minimum absolute atomic E-state index is 0.0817. The van der Waals surface area contributed by atoms with Crippen LogP contribution in [-0.4, -0.2) is 38.1 Å². The minimum atomic E-state index is -0.169. The predicted molar refractivity (Wildman–Crippen MR) is 76.8 cm³/mol. The fraction of sp³-hybridized carbons (Fsp3) is 0.462. The largest absolute Gasteiger partial charge is 0.353 e. The van der Waals surface area contributed by atoms with Gasteiger partial charge in [-0.2, -0.15) is 0 Å². The topological polar surface area (TPSA) is 44.4 Å². The monoisotopic (exact) mass is 311 g/mol. The van der Waals surface area contributed by atoms with Crippen molar-refractivity contribution in [3.8, 4) is 0 Å². The zero-order chi connectivity index (χ0) is 13.1. The van der Waals surface area contributed by atoms with Gasteiger partial charge in [-0.15, -0.1) is 0 Å². The zero-order valence-corrected chi connectivity index (χ0v) is 12.2. The van der Waals surface area contributed by atoms with Crippen LogP contribution in [0, 0.1) is 0 Å². The summed E-state index contributed by atoms with van der Waals surface area (Å²) >= 11 is 3.56. The molecule has 2 atom stereocenters. The molecule has 1 saturated heterocycles. The fourth-order valence-electron chi connectivity index (χ4n) is 2.35. The van der Waals surface area contributed by atoms with Crippen LogP contribution >= 0.6 is 15.9 Å². The molecular weight excluding hydrogens is 294 g/mol. The van der Waals surface area contributed by atoms with Crippen molar-refractivity contribution >= 4 is 27.5 Å². The lowest BCUT2D eigenvalue weighted by Crippen LogP contribution is -2.62. The maximum absolute atomic E-state index is 12.0. The summed E-state index contributed by atoms with van der Waals surface area (Å²) in [4.78, 5) is 14.2. The Labute approximate surface area is 116 Å². The number of hydrogen-bond donors (Lipinski definition) is 2. The summed E-state index contributed by atoms with van der Waals surface area (Å²) in [5.74, 6) is 0.0817. The molecule has 0 saturated carbocycles. The molecule has 2 N–H and O–H groups in total. The molecule has 1 aromatic carbocycles. The summed E-state index contributed by atoms with van der Waals surface area (Å²) in [5.41, 5.74) is 1.07. The summed E-state index contributed by atoms with van der Waals surface area (Å²) in [5, 5.41) is 6.04. The van der Waals surface area contributed by atoms with Gasteiger partial charge in [0.1, 0.15) is 6.04 Å². The molecule has 1 fully saturated rings. The van der Waals surface area contributed by atoms with Gasteiger partial charge in [0.15, 0.2) is 0 Å². The van der Waals surface area contributed by atoms with Gasteiger partial charge in [-0.3, -0.25) is 4.79 Å². The van der Waals surface area contributed by atoms with Crippen LogP contribution in [0.5, 0.6) is 0 Å². The molecule has 18 heavy (non-hydrogen) atoms. The highest BCUT2D eigenvalue weighted by molar-refractivity contribution is 9.10. The maximum atomic E-state index is 12.0. The molecule has 0 aliphatic carbocycles. The SMILES string of the molecule is CNCC1C(=O)NCC(C)N1c1ccccc1Br. The molecular formula is C13H18BrN3O. The second-order valence-corrected chi connectivity index (χ2v) is 5.38. The molecule has 2 rings (SSSR count). The van der Waals surface area contributed by atoms with E-state index in [1.807, 2.05) is 31.3 Å². The number of likely N-dealkylation sites (N-methyl/N-ethyl adjacent to an activating group) is 1. The molecule has 1 aliphatic rings. The number of amides is 1. The quantitative estimate of drug-likeness (QED) is 0.886. The Kier molecular flexibility index (Phi) is 4.24. The fourth-order valence-corrected chi connectivity index (χ4v) is 2.84. The van der Waals surface area contributed by atoms with E-state index in [1.54, 1.807) is 0 Å². The third-order valence-electron chi connectivity index (χ3n) is 3.21. The van der Waals surface area contributed by atoms with Crippen molar-refractivity contribution in [2.45, 2.75) is 19.0 Å². The summed E-state index contributed by atoms with van der Waals surface area (Å²) in [6.07, 6.45) is 0. The van der Waals surface area contributed by atoms with E-state index in [2.05, 4.69) is 38.4 Å². The number of piperazine rings is 1. The lowest BCUT2D eigenvalue weighted by atomic mass is 10.1. The molecule has 0 bridgehead atoms. The number of nitrogens with one attached hydrogen (secondary N) is 2. The van der Waals surface area contributed by atoms with Gasteiger partial charge in [-0.05, 0) is 42.0 Å². The van der Waals surface area contributed by atoms with Crippen molar-refractivity contribution in [3.63, 3.8) is 0 Å². The van der Waals surface area contributed by atoms with E-state index in [0.29, 0.717) is 13.1 Å². The maximum Gasteiger partial charge on any atom is 0.244 e. The first-order valence-corrected chi connectivity index (χ1v) is 6.89. The van der Waals surface area contributed by atoms with Gasteiger partial charge in [0, 0.05) is 23.6 Å². The predicted octanol–water partition coefficient (Wildman–Crippen LogP) is 1.36. The Morgan fingerprint density at radius 2 is 2.22 bits per heavy atom. The summed E-state index contributed by atoms with van der Waals surface area (Å²) in [6, 6.07) is 8.13. The molecule has 1 heterocycles. The number of hydrogen-bond acceptors (Lipinski definition) is 3. The number of para-hydroxylation sites is 1. The normalized spacial score (nSPS) is 23.9. The average Bonchev–Trinajstić information content (AvgIpc) is 2.36. The van der Waals surface area contributed by atoms with Crippen LogP contribution in [0.4, 0.5) is 5.69 Å². The van der Waals surface area contributed by atoms with Crippen LogP contribution in [-0.2, 0) is 4.79 Å². The van der Waals surface area contributed by atoms with Gasteiger partial charge in [0.05, 0.1) is 5.69 Å². The van der Waals surface area contributed by atoms with Crippen LogP contribution < -0.4 is 15.5 Å². The Hall–Kier alpha value is -1.07. The van der Waals surface area contributed by atoms with Gasteiger partial charge < -0.3 is 15.5 Å². The molecule has 0 aromatic heterocycles. The molecule has 2 unspecified atom stereocenters. The Bertz CT molecular complexity index is 438. The first-order chi connectivity index (χ1) is 8.65. The Morgan fingerprint density at radius 3 is 2.89 bits per heavy atom. The highest BCUT2D eigenvalue weighted by Crippen LogP contribution is 2.30. The van der Waals surface area contributed by atoms with E-state index in [9.17, 15) is 4.79 Å². The average molecular weight is 312 g/mol. The third-order valence-corrected chi connectivity index (χ3v) is 3.88. The number of rotatable bonds is 3. The summed E-state index contributed by atoms with van der Waals surface area (Å²) in [6.45, 7) is 3.44. The second-order valence-electron chi connectivity index (χ2n) is 4.53. The van der Waals surface area contributed by atoms with E-state index < -0.39 is 0 Å². The first-order valence-electron chi connectivity index (χ1n) is 6.10. The summed E-state index contributed by atoms with van der Waals surface area (Å²) in [7, 11) is 1.87. The number of anilines is 1. The van der Waals surface area contributed by atoms with Crippen molar-refractivity contribution in [1.82, 2.24) is 10.6 Å². The van der Waals surface area contributed by atoms with Crippen molar-refractivity contribution in [3.05, 3.63) is 28.7 Å². The highest BCUT2D eigenvalue weighted by atomic mass is 79.9. The van der Waals surface area contributed by atoms with E-state index >= 15 is 0 Å². The van der Waals surface area contributed by atoms with Gasteiger partial charge in [0.25, 0.3) is 0 Å². The summed E-state index contributed by atoms with van der Waals surface area (Å²) < 4.78 is 1.02. The number of nitrogens with zero attached hydrogens (tertiary/aromatic N) is 1. The van der Waals surface area contributed by atoms with E-state index in [1.165, 1.54) is 0 Å². The van der Waals surface area contributed by atoms with Crippen molar-refractivity contribution in [2.24, 2.45) is 0 Å². The molecule has 1 aliphatic heterocycles. The lowest BCUT2D eigenvalue weighted by Gasteiger charge is -2.42. The van der Waals surface area contributed by atoms with Crippen LogP contribution in [0.25, 0.3) is 0 Å². The number of benzene rings is 1. The van der Waals surface area contributed by atoms with Crippen molar-refractivity contribution in [2.75, 3.05) is 25.0 Å². The molecule has 0 radical (unpaired) electrons. The molecule has 1 aromatic rings. The lowest BCUT2D eigenvalue weighted by molar-refractivity contribution is -0.123. The number of carbonyl (C=O) groups excluding carboxylic acids is 1. The van der Waals surface area contributed by atoms with Crippen molar-refractivity contribution < 1.29 is 4.79 Å².